The first-order valence-electron chi connectivity index (χ1n) is 15.6. The van der Waals surface area contributed by atoms with E-state index in [1.165, 1.54) is 0 Å². The molecule has 0 N–H and O–H groups in total. The number of benzene rings is 6. The Bertz CT molecular complexity index is 2710. The van der Waals surface area contributed by atoms with Gasteiger partial charge in [0.05, 0.1) is 50.3 Å². The molecule has 0 saturated carbocycles. The van der Waals surface area contributed by atoms with E-state index in [9.17, 15) is 10.5 Å². The zero-order chi connectivity index (χ0) is 32.2. The predicted octanol–water partition coefficient (Wildman–Crippen LogP) is 9.75. The molecule has 3 aromatic heterocycles. The van der Waals surface area contributed by atoms with Crippen molar-refractivity contribution in [3.05, 3.63) is 157 Å². The van der Waals surface area contributed by atoms with E-state index in [0.29, 0.717) is 22.8 Å². The van der Waals surface area contributed by atoms with Crippen molar-refractivity contribution in [2.24, 2.45) is 0 Å². The molecule has 0 fully saturated rings. The van der Waals surface area contributed by atoms with Crippen LogP contribution < -0.4 is 0 Å². The molecule has 0 aliphatic heterocycles. The highest BCUT2D eigenvalue weighted by Gasteiger charge is 2.22. The molecule has 6 aromatic carbocycles. The Morgan fingerprint density at radius 1 is 0.417 bits per heavy atom. The van der Waals surface area contributed by atoms with Crippen LogP contribution in [0.3, 0.4) is 0 Å². The topological polar surface area (TPSA) is 83.2 Å². The van der Waals surface area contributed by atoms with Crippen LogP contribution >= 0.6 is 0 Å². The third-order valence-electron chi connectivity index (χ3n) is 9.02. The monoisotopic (exact) mass is 612 g/mol. The molecule has 6 heteroatoms. The first-order chi connectivity index (χ1) is 23.7. The van der Waals surface area contributed by atoms with Crippen LogP contribution in [0.4, 0.5) is 0 Å². The van der Waals surface area contributed by atoms with Crippen LogP contribution in [0, 0.1) is 22.7 Å². The lowest BCUT2D eigenvalue weighted by Crippen LogP contribution is -2.04. The summed E-state index contributed by atoms with van der Waals surface area (Å²) in [4.78, 5) is 10.4. The maximum absolute atomic E-state index is 10.1. The lowest BCUT2D eigenvalue weighted by atomic mass is 10.1. The maximum atomic E-state index is 10.1. The van der Waals surface area contributed by atoms with Gasteiger partial charge in [-0.2, -0.15) is 10.5 Å². The normalized spacial score (nSPS) is 11.3. The summed E-state index contributed by atoms with van der Waals surface area (Å²) >= 11 is 0. The standard InChI is InChI=1S/C42H24N6/c43-25-29-16-11-17-30(26-44)41(29)47-37-20-9-7-18-31(37)33-23-40-34(22-39(33)47)32-19-8-10-21-38(32)48(40)42-45-35(27-12-3-1-4-13-27)24-36(46-42)28-14-5-2-6-15-28/h1-24H. The van der Waals surface area contributed by atoms with Crippen molar-refractivity contribution in [3.8, 4) is 46.3 Å². The van der Waals surface area contributed by atoms with Crippen LogP contribution in [0.2, 0.25) is 0 Å². The Balaban J connectivity index is 1.41. The van der Waals surface area contributed by atoms with Gasteiger partial charge < -0.3 is 4.57 Å². The summed E-state index contributed by atoms with van der Waals surface area (Å²) in [7, 11) is 0. The average Bonchev–Trinajstić information content (AvgIpc) is 3.66. The van der Waals surface area contributed by atoms with Gasteiger partial charge in [0.1, 0.15) is 12.1 Å². The minimum absolute atomic E-state index is 0.443. The van der Waals surface area contributed by atoms with E-state index < -0.39 is 0 Å². The van der Waals surface area contributed by atoms with Gasteiger partial charge in [-0.1, -0.05) is 103 Å². The van der Waals surface area contributed by atoms with Crippen LogP contribution in [0.25, 0.3) is 77.8 Å². The molecule has 0 unspecified atom stereocenters. The van der Waals surface area contributed by atoms with Gasteiger partial charge in [0.15, 0.2) is 0 Å². The summed E-state index contributed by atoms with van der Waals surface area (Å²) in [5, 5.41) is 24.4. The van der Waals surface area contributed by atoms with E-state index in [0.717, 1.165) is 66.1 Å². The van der Waals surface area contributed by atoms with Crippen molar-refractivity contribution in [1.82, 2.24) is 19.1 Å². The zero-order valence-corrected chi connectivity index (χ0v) is 25.5. The number of nitriles is 2. The quantitative estimate of drug-likeness (QED) is 0.198. The zero-order valence-electron chi connectivity index (χ0n) is 25.5. The number of para-hydroxylation sites is 3. The summed E-state index contributed by atoms with van der Waals surface area (Å²) in [5.41, 5.74) is 8.93. The van der Waals surface area contributed by atoms with Gasteiger partial charge in [-0.25, -0.2) is 9.97 Å². The van der Waals surface area contributed by atoms with Crippen LogP contribution in [-0.4, -0.2) is 19.1 Å². The molecule has 0 amide bonds. The van der Waals surface area contributed by atoms with Crippen LogP contribution in [0.15, 0.2) is 146 Å². The van der Waals surface area contributed by atoms with E-state index in [1.54, 1.807) is 18.2 Å². The highest BCUT2D eigenvalue weighted by atomic mass is 15.2. The van der Waals surface area contributed by atoms with E-state index >= 15 is 0 Å². The highest BCUT2D eigenvalue weighted by molar-refractivity contribution is 6.19. The van der Waals surface area contributed by atoms with Gasteiger partial charge in [0, 0.05) is 32.7 Å². The summed E-state index contributed by atoms with van der Waals surface area (Å²) in [6.45, 7) is 0. The third kappa shape index (κ3) is 4.11. The fourth-order valence-corrected chi connectivity index (χ4v) is 6.90. The Morgan fingerprint density at radius 2 is 0.875 bits per heavy atom. The van der Waals surface area contributed by atoms with Gasteiger partial charge in [0.2, 0.25) is 5.95 Å². The van der Waals surface area contributed by atoms with Gasteiger partial charge in [-0.05, 0) is 42.5 Å². The van der Waals surface area contributed by atoms with Gasteiger partial charge in [-0.3, -0.25) is 4.57 Å². The molecule has 0 spiro atoms. The molecule has 0 atom stereocenters. The minimum Gasteiger partial charge on any atom is -0.307 e. The smallest absolute Gasteiger partial charge is 0.235 e. The van der Waals surface area contributed by atoms with Crippen LogP contribution in [-0.2, 0) is 0 Å². The molecule has 0 bridgehead atoms. The summed E-state index contributed by atoms with van der Waals surface area (Å²) in [6.07, 6.45) is 0. The SMILES string of the molecule is N#Cc1cccc(C#N)c1-n1c2ccccc2c2cc3c(cc21)c1ccccc1n3-c1nc(-c2ccccc2)cc(-c2ccccc2)n1. The van der Waals surface area contributed by atoms with Crippen LogP contribution in [0.5, 0.6) is 0 Å². The molecule has 48 heavy (non-hydrogen) atoms. The second-order valence-electron chi connectivity index (χ2n) is 11.7. The predicted molar refractivity (Wildman–Crippen MR) is 191 cm³/mol. The van der Waals surface area contributed by atoms with Crippen molar-refractivity contribution in [3.63, 3.8) is 0 Å². The molecular formula is C42H24N6. The Labute approximate surface area is 275 Å². The fourth-order valence-electron chi connectivity index (χ4n) is 6.90. The van der Waals surface area contributed by atoms with E-state index in [2.05, 4.69) is 75.9 Å². The molecule has 9 rings (SSSR count). The second kappa shape index (κ2) is 10.8. The Kier molecular flexibility index (Phi) is 6.15. The van der Waals surface area contributed by atoms with Crippen molar-refractivity contribution < 1.29 is 0 Å². The molecule has 6 nitrogen and oxygen atoms in total. The van der Waals surface area contributed by atoms with Crippen molar-refractivity contribution >= 4 is 43.6 Å². The maximum Gasteiger partial charge on any atom is 0.235 e. The number of nitrogens with zero attached hydrogens (tertiary/aromatic N) is 6. The third-order valence-corrected chi connectivity index (χ3v) is 9.02. The van der Waals surface area contributed by atoms with E-state index in [4.69, 9.17) is 9.97 Å². The molecule has 0 aliphatic rings. The van der Waals surface area contributed by atoms with Gasteiger partial charge in [0.25, 0.3) is 0 Å². The van der Waals surface area contributed by atoms with Crippen molar-refractivity contribution in [2.45, 2.75) is 0 Å². The molecule has 0 radical (unpaired) electrons. The van der Waals surface area contributed by atoms with E-state index in [-0.39, 0.29) is 0 Å². The summed E-state index contributed by atoms with van der Waals surface area (Å²) in [5.74, 6) is 0.575. The number of rotatable bonds is 4. The fraction of sp³-hybridized carbons (Fsp3) is 0. The minimum atomic E-state index is 0.443. The first-order valence-corrected chi connectivity index (χ1v) is 15.6. The van der Waals surface area contributed by atoms with E-state index in [1.807, 2.05) is 72.8 Å². The number of fused-ring (bicyclic) bond motifs is 6. The first kappa shape index (κ1) is 27.3. The summed E-state index contributed by atoms with van der Waals surface area (Å²) < 4.78 is 4.21. The summed E-state index contributed by atoms with van der Waals surface area (Å²) in [6, 6.07) is 53.2. The molecular weight excluding hydrogens is 589 g/mol. The molecule has 0 aliphatic carbocycles. The number of aromatic nitrogens is 4. The Hall–Kier alpha value is -7.02. The highest BCUT2D eigenvalue weighted by Crippen LogP contribution is 2.40. The van der Waals surface area contributed by atoms with Crippen LogP contribution in [0.1, 0.15) is 11.1 Å². The molecule has 3 heterocycles. The second-order valence-corrected chi connectivity index (χ2v) is 11.7. The Morgan fingerprint density at radius 3 is 1.40 bits per heavy atom. The lowest BCUT2D eigenvalue weighted by Gasteiger charge is -2.12. The lowest BCUT2D eigenvalue weighted by molar-refractivity contribution is 0.996. The van der Waals surface area contributed by atoms with Gasteiger partial charge in [-0.15, -0.1) is 0 Å². The van der Waals surface area contributed by atoms with Crippen molar-refractivity contribution in [1.29, 1.82) is 10.5 Å². The number of hydrogen-bond acceptors (Lipinski definition) is 4. The largest absolute Gasteiger partial charge is 0.307 e. The van der Waals surface area contributed by atoms with Gasteiger partial charge >= 0.3 is 0 Å². The average molecular weight is 613 g/mol. The molecule has 222 valence electrons. The number of hydrogen-bond donors (Lipinski definition) is 0. The van der Waals surface area contributed by atoms with Crippen molar-refractivity contribution in [2.75, 3.05) is 0 Å². The molecule has 0 saturated heterocycles. The molecule has 9 aromatic rings.